The summed E-state index contributed by atoms with van der Waals surface area (Å²) in [4.78, 5) is 24.2. The van der Waals surface area contributed by atoms with E-state index in [9.17, 15) is 18.0 Å². The van der Waals surface area contributed by atoms with Crippen LogP contribution < -0.4 is 5.32 Å². The third-order valence-corrected chi connectivity index (χ3v) is 7.02. The zero-order valence-corrected chi connectivity index (χ0v) is 18.5. The normalized spacial score (nSPS) is 11.4. The number of benzene rings is 2. The molecule has 2 aromatic carbocycles. The van der Waals surface area contributed by atoms with Gasteiger partial charge in [-0.1, -0.05) is 17.7 Å². The van der Waals surface area contributed by atoms with Crippen LogP contribution in [0.5, 0.6) is 0 Å². The third-order valence-electron chi connectivity index (χ3n) is 3.80. The highest BCUT2D eigenvalue weighted by atomic mass is 79.9. The Bertz CT molecular complexity index is 1020. The Morgan fingerprint density at radius 3 is 2.54 bits per heavy atom. The second-order valence-electron chi connectivity index (χ2n) is 5.97. The van der Waals surface area contributed by atoms with Crippen LogP contribution in [-0.4, -0.2) is 45.3 Å². The average Bonchev–Trinajstić information content (AvgIpc) is 2.63. The van der Waals surface area contributed by atoms with Crippen molar-refractivity contribution in [2.24, 2.45) is 0 Å². The minimum atomic E-state index is -3.76. The first kappa shape index (κ1) is 22.4. The van der Waals surface area contributed by atoms with Crippen molar-refractivity contribution in [3.63, 3.8) is 0 Å². The van der Waals surface area contributed by atoms with E-state index < -0.39 is 28.5 Å². The van der Waals surface area contributed by atoms with Crippen molar-refractivity contribution in [2.75, 3.05) is 26.0 Å². The number of nitrogens with zero attached hydrogens (tertiary/aromatic N) is 1. The number of carbonyl (C=O) groups excluding carboxylic acids is 2. The lowest BCUT2D eigenvalue weighted by Crippen LogP contribution is -2.23. The van der Waals surface area contributed by atoms with E-state index in [2.05, 4.69) is 21.2 Å². The zero-order chi connectivity index (χ0) is 21.1. The van der Waals surface area contributed by atoms with Crippen LogP contribution in [0.15, 0.2) is 45.8 Å². The summed E-state index contributed by atoms with van der Waals surface area (Å²) in [6.45, 7) is 1.22. The molecule has 0 bridgehead atoms. The molecule has 0 aromatic heterocycles. The number of anilines is 1. The Hall–Kier alpha value is -1.94. The first-order chi connectivity index (χ1) is 13.0. The molecule has 0 spiro atoms. The Morgan fingerprint density at radius 1 is 1.21 bits per heavy atom. The van der Waals surface area contributed by atoms with Crippen LogP contribution in [0.3, 0.4) is 0 Å². The van der Waals surface area contributed by atoms with E-state index in [0.717, 1.165) is 4.31 Å². The summed E-state index contributed by atoms with van der Waals surface area (Å²) in [5.41, 5.74) is 1.21. The van der Waals surface area contributed by atoms with Gasteiger partial charge in [0.1, 0.15) is 0 Å². The smallest absolute Gasteiger partial charge is 0.338 e. The van der Waals surface area contributed by atoms with Gasteiger partial charge in [-0.05, 0) is 58.7 Å². The Balaban J connectivity index is 2.09. The van der Waals surface area contributed by atoms with Crippen LogP contribution in [-0.2, 0) is 19.6 Å². The number of hydrogen-bond donors (Lipinski definition) is 1. The Labute approximate surface area is 176 Å². The van der Waals surface area contributed by atoms with E-state index in [0.29, 0.717) is 20.7 Å². The monoisotopic (exact) mass is 488 g/mol. The summed E-state index contributed by atoms with van der Waals surface area (Å²) in [6.07, 6.45) is 0. The molecule has 0 saturated carbocycles. The summed E-state index contributed by atoms with van der Waals surface area (Å²) < 4.78 is 31.0. The SMILES string of the molecule is Cc1c(Cl)cccc1NC(=O)COC(=O)c1ccc(Br)c(S(=O)(=O)N(C)C)c1. The van der Waals surface area contributed by atoms with Gasteiger partial charge in [0.25, 0.3) is 5.91 Å². The van der Waals surface area contributed by atoms with Gasteiger partial charge in [0, 0.05) is 29.3 Å². The summed E-state index contributed by atoms with van der Waals surface area (Å²) in [5, 5.41) is 3.11. The second-order valence-corrected chi connectivity index (χ2v) is 9.35. The molecule has 7 nitrogen and oxygen atoms in total. The van der Waals surface area contributed by atoms with E-state index in [1.807, 2.05) is 0 Å². The largest absolute Gasteiger partial charge is 0.452 e. The van der Waals surface area contributed by atoms with Crippen LogP contribution in [0.25, 0.3) is 0 Å². The fourth-order valence-corrected chi connectivity index (χ4v) is 4.19. The molecule has 10 heteroatoms. The molecule has 2 aromatic rings. The number of hydrogen-bond acceptors (Lipinski definition) is 5. The minimum Gasteiger partial charge on any atom is -0.452 e. The van der Waals surface area contributed by atoms with Crippen LogP contribution in [0.2, 0.25) is 5.02 Å². The molecule has 0 aliphatic rings. The van der Waals surface area contributed by atoms with Gasteiger partial charge in [-0.2, -0.15) is 0 Å². The van der Waals surface area contributed by atoms with E-state index in [1.54, 1.807) is 25.1 Å². The molecule has 0 aliphatic carbocycles. The molecule has 0 aliphatic heterocycles. The average molecular weight is 490 g/mol. The fourth-order valence-electron chi connectivity index (χ4n) is 2.17. The molecule has 28 heavy (non-hydrogen) atoms. The number of rotatable bonds is 6. The van der Waals surface area contributed by atoms with E-state index in [1.165, 1.54) is 32.3 Å². The van der Waals surface area contributed by atoms with Gasteiger partial charge >= 0.3 is 5.97 Å². The molecule has 0 atom stereocenters. The molecule has 2 rings (SSSR count). The lowest BCUT2D eigenvalue weighted by atomic mass is 10.2. The van der Waals surface area contributed by atoms with Crippen LogP contribution in [0, 0.1) is 6.92 Å². The topological polar surface area (TPSA) is 92.8 Å². The number of esters is 1. The lowest BCUT2D eigenvalue weighted by molar-refractivity contribution is -0.119. The van der Waals surface area contributed by atoms with Gasteiger partial charge in [0.15, 0.2) is 6.61 Å². The van der Waals surface area contributed by atoms with Crippen LogP contribution >= 0.6 is 27.5 Å². The van der Waals surface area contributed by atoms with Crippen molar-refractivity contribution < 1.29 is 22.7 Å². The van der Waals surface area contributed by atoms with Crippen molar-refractivity contribution >= 4 is 55.1 Å². The molecule has 0 unspecified atom stereocenters. The number of nitrogens with one attached hydrogen (secondary N) is 1. The highest BCUT2D eigenvalue weighted by Gasteiger charge is 2.23. The highest BCUT2D eigenvalue weighted by Crippen LogP contribution is 2.26. The zero-order valence-electron chi connectivity index (χ0n) is 15.3. The Morgan fingerprint density at radius 2 is 1.89 bits per heavy atom. The molecule has 0 saturated heterocycles. The lowest BCUT2D eigenvalue weighted by Gasteiger charge is -2.14. The molecule has 0 radical (unpaired) electrons. The van der Waals surface area contributed by atoms with Crippen molar-refractivity contribution in [3.8, 4) is 0 Å². The van der Waals surface area contributed by atoms with E-state index in [4.69, 9.17) is 16.3 Å². The first-order valence-corrected chi connectivity index (χ1v) is 10.6. The van der Waals surface area contributed by atoms with Gasteiger partial charge in [0.2, 0.25) is 10.0 Å². The summed E-state index contributed by atoms with van der Waals surface area (Å²) >= 11 is 9.16. The quantitative estimate of drug-likeness (QED) is 0.627. The van der Waals surface area contributed by atoms with Gasteiger partial charge in [-0.3, -0.25) is 4.79 Å². The first-order valence-electron chi connectivity index (χ1n) is 7.98. The standard InChI is InChI=1S/C18H18BrClN2O5S/c1-11-14(20)5-4-6-15(11)21-17(23)10-27-18(24)12-7-8-13(19)16(9-12)28(25,26)22(2)3/h4-9H,10H2,1-3H3,(H,21,23). The number of amides is 1. The molecular weight excluding hydrogens is 472 g/mol. The molecular formula is C18H18BrClN2O5S. The molecule has 1 N–H and O–H groups in total. The van der Waals surface area contributed by atoms with Crippen LogP contribution in [0.1, 0.15) is 15.9 Å². The van der Waals surface area contributed by atoms with Gasteiger partial charge in [-0.25, -0.2) is 17.5 Å². The minimum absolute atomic E-state index is 0.00959. The predicted octanol–water partition coefficient (Wildman–Crippen LogP) is 3.46. The predicted molar refractivity (Wildman–Crippen MR) is 110 cm³/mol. The van der Waals surface area contributed by atoms with Crippen molar-refractivity contribution in [2.45, 2.75) is 11.8 Å². The fraction of sp³-hybridized carbons (Fsp3) is 0.222. The number of sulfonamides is 1. The van der Waals surface area contributed by atoms with Crippen molar-refractivity contribution in [1.29, 1.82) is 0 Å². The van der Waals surface area contributed by atoms with E-state index in [-0.39, 0.29) is 10.5 Å². The van der Waals surface area contributed by atoms with Gasteiger partial charge < -0.3 is 10.1 Å². The summed E-state index contributed by atoms with van der Waals surface area (Å²) in [6, 6.07) is 9.09. The molecule has 0 heterocycles. The maximum Gasteiger partial charge on any atom is 0.338 e. The second kappa shape index (κ2) is 9.04. The van der Waals surface area contributed by atoms with Crippen LogP contribution in [0.4, 0.5) is 5.69 Å². The van der Waals surface area contributed by atoms with Crippen molar-refractivity contribution in [1.82, 2.24) is 4.31 Å². The van der Waals surface area contributed by atoms with E-state index >= 15 is 0 Å². The highest BCUT2D eigenvalue weighted by molar-refractivity contribution is 9.10. The number of carbonyl (C=O) groups is 2. The summed E-state index contributed by atoms with van der Waals surface area (Å²) in [5.74, 6) is -1.36. The molecule has 0 fully saturated rings. The third kappa shape index (κ3) is 5.11. The van der Waals surface area contributed by atoms with Gasteiger partial charge in [-0.15, -0.1) is 0 Å². The molecule has 1 amide bonds. The maximum atomic E-state index is 12.3. The summed E-state index contributed by atoms with van der Waals surface area (Å²) in [7, 11) is -0.990. The Kier molecular flexibility index (Phi) is 7.22. The number of ether oxygens (including phenoxy) is 1. The van der Waals surface area contributed by atoms with Crippen molar-refractivity contribution in [3.05, 3.63) is 57.0 Å². The molecule has 150 valence electrons. The number of halogens is 2. The maximum absolute atomic E-state index is 12.3. The van der Waals surface area contributed by atoms with Gasteiger partial charge in [0.05, 0.1) is 10.5 Å².